The molecule has 0 unspecified atom stereocenters. The van der Waals surface area contributed by atoms with E-state index >= 15 is 0 Å². The molecule has 4 nitrogen and oxygen atoms in total. The third-order valence-electron chi connectivity index (χ3n) is 5.72. The van der Waals surface area contributed by atoms with Gasteiger partial charge in [0.1, 0.15) is 0 Å². The van der Waals surface area contributed by atoms with Crippen LogP contribution in [0.5, 0.6) is 0 Å². The van der Waals surface area contributed by atoms with Crippen molar-refractivity contribution in [1.29, 1.82) is 0 Å². The van der Waals surface area contributed by atoms with Gasteiger partial charge < -0.3 is 15.0 Å². The molecule has 2 saturated heterocycles. The maximum atomic E-state index is 13.3. The van der Waals surface area contributed by atoms with E-state index in [1.807, 2.05) is 0 Å². The number of carbonyl (C=O) groups is 1. The highest BCUT2D eigenvalue weighted by Crippen LogP contribution is 2.39. The Balaban J connectivity index is 1.54. The summed E-state index contributed by atoms with van der Waals surface area (Å²) in [6.45, 7) is 4.80. The Kier molecular flexibility index (Phi) is 3.66. The summed E-state index contributed by atoms with van der Waals surface area (Å²) >= 11 is 0. The van der Waals surface area contributed by atoms with Gasteiger partial charge in [0.2, 0.25) is 5.91 Å². The molecule has 118 valence electrons. The zero-order valence-electron chi connectivity index (χ0n) is 13.0. The van der Waals surface area contributed by atoms with Crippen molar-refractivity contribution in [2.75, 3.05) is 39.4 Å². The maximum absolute atomic E-state index is 13.3. The number of carbonyl (C=O) groups excluding carboxylic acids is 1. The van der Waals surface area contributed by atoms with Gasteiger partial charge in [-0.2, -0.15) is 0 Å². The Hall–Kier alpha value is -1.39. The topological polar surface area (TPSA) is 41.6 Å². The van der Waals surface area contributed by atoms with Crippen molar-refractivity contribution in [2.24, 2.45) is 11.3 Å². The highest BCUT2D eigenvalue weighted by molar-refractivity contribution is 5.84. The first-order valence-electron chi connectivity index (χ1n) is 8.44. The van der Waals surface area contributed by atoms with Crippen LogP contribution in [0.2, 0.25) is 0 Å². The minimum atomic E-state index is -0.311. The van der Waals surface area contributed by atoms with E-state index in [2.05, 4.69) is 34.5 Å². The normalized spacial score (nSPS) is 31.3. The lowest BCUT2D eigenvalue weighted by Gasteiger charge is -2.40. The third-order valence-corrected chi connectivity index (χ3v) is 5.72. The number of rotatable bonds is 1. The molecule has 4 heteroatoms. The second kappa shape index (κ2) is 5.67. The molecule has 0 saturated carbocycles. The van der Waals surface area contributed by atoms with Gasteiger partial charge in [-0.3, -0.25) is 4.79 Å². The van der Waals surface area contributed by atoms with Gasteiger partial charge in [0.15, 0.2) is 0 Å². The number of hydrogen-bond donors (Lipinski definition) is 1. The van der Waals surface area contributed by atoms with Crippen molar-refractivity contribution < 1.29 is 9.53 Å². The van der Waals surface area contributed by atoms with E-state index in [0.29, 0.717) is 18.4 Å². The van der Waals surface area contributed by atoms with E-state index in [0.717, 1.165) is 52.0 Å². The van der Waals surface area contributed by atoms with E-state index in [9.17, 15) is 4.79 Å². The van der Waals surface area contributed by atoms with Crippen LogP contribution in [0.25, 0.3) is 0 Å². The van der Waals surface area contributed by atoms with Crippen LogP contribution in [0.15, 0.2) is 24.3 Å². The lowest BCUT2D eigenvalue weighted by atomic mass is 9.74. The van der Waals surface area contributed by atoms with Gasteiger partial charge >= 0.3 is 0 Å². The largest absolute Gasteiger partial charge is 0.380 e. The van der Waals surface area contributed by atoms with E-state index in [4.69, 9.17) is 4.74 Å². The molecule has 0 bridgehead atoms. The van der Waals surface area contributed by atoms with Crippen molar-refractivity contribution in [1.82, 2.24) is 10.2 Å². The number of hydrogen-bond acceptors (Lipinski definition) is 3. The minimum Gasteiger partial charge on any atom is -0.380 e. The lowest BCUT2D eigenvalue weighted by Crippen LogP contribution is -2.53. The van der Waals surface area contributed by atoms with Gasteiger partial charge in [0.25, 0.3) is 0 Å². The molecular formula is C18H24N2O2. The predicted molar refractivity (Wildman–Crippen MR) is 84.7 cm³/mol. The first-order chi connectivity index (χ1) is 10.8. The Morgan fingerprint density at radius 3 is 2.68 bits per heavy atom. The van der Waals surface area contributed by atoms with Crippen LogP contribution in [0.3, 0.4) is 0 Å². The average Bonchev–Trinajstić information content (AvgIpc) is 2.89. The molecule has 0 aliphatic carbocycles. The second-order valence-corrected chi connectivity index (χ2v) is 6.89. The summed E-state index contributed by atoms with van der Waals surface area (Å²) < 4.78 is 5.70. The van der Waals surface area contributed by atoms with Gasteiger partial charge in [-0.1, -0.05) is 24.3 Å². The number of fused-ring (bicyclic) bond motifs is 2. The van der Waals surface area contributed by atoms with Crippen LogP contribution in [-0.2, 0) is 22.4 Å². The highest BCUT2D eigenvalue weighted by atomic mass is 16.5. The van der Waals surface area contributed by atoms with E-state index in [-0.39, 0.29) is 5.41 Å². The summed E-state index contributed by atoms with van der Waals surface area (Å²) in [6.07, 6.45) is 2.95. The quantitative estimate of drug-likeness (QED) is 0.848. The number of nitrogens with one attached hydrogen (secondary N) is 1. The number of ether oxygens (including phenoxy) is 1. The minimum absolute atomic E-state index is 0.311. The molecule has 22 heavy (non-hydrogen) atoms. The monoisotopic (exact) mass is 300 g/mol. The van der Waals surface area contributed by atoms with Crippen molar-refractivity contribution >= 4 is 5.91 Å². The molecule has 1 amide bonds. The molecule has 0 aromatic heterocycles. The van der Waals surface area contributed by atoms with Crippen molar-refractivity contribution in [3.63, 3.8) is 0 Å². The fourth-order valence-electron chi connectivity index (χ4n) is 4.33. The van der Waals surface area contributed by atoms with Crippen molar-refractivity contribution in [2.45, 2.75) is 19.3 Å². The molecule has 1 aromatic carbocycles. The van der Waals surface area contributed by atoms with E-state index in [1.54, 1.807) is 0 Å². The second-order valence-electron chi connectivity index (χ2n) is 6.89. The molecule has 3 heterocycles. The van der Waals surface area contributed by atoms with Gasteiger partial charge in [0.05, 0.1) is 12.0 Å². The Morgan fingerprint density at radius 1 is 1.23 bits per heavy atom. The predicted octanol–water partition coefficient (Wildman–Crippen LogP) is 1.24. The van der Waals surface area contributed by atoms with Gasteiger partial charge in [-0.25, -0.2) is 0 Å². The standard InChI is InChI=1S/C18H24N2O2/c21-17(18-12-19-11-16(18)7-10-22-13-18)20-8-5-14-3-1-2-4-15(14)6-9-20/h1-4,16,19H,5-13H2/t16-,18+/m1/s1. The summed E-state index contributed by atoms with van der Waals surface area (Å²) in [4.78, 5) is 15.4. The average molecular weight is 300 g/mol. The fraction of sp³-hybridized carbons (Fsp3) is 0.611. The molecule has 2 fully saturated rings. The first kappa shape index (κ1) is 14.2. The number of nitrogens with zero attached hydrogens (tertiary/aromatic N) is 1. The van der Waals surface area contributed by atoms with E-state index in [1.165, 1.54) is 11.1 Å². The molecular weight excluding hydrogens is 276 g/mol. The molecule has 3 aliphatic heterocycles. The van der Waals surface area contributed by atoms with Crippen LogP contribution in [0.1, 0.15) is 17.5 Å². The van der Waals surface area contributed by atoms with Crippen molar-refractivity contribution in [3.05, 3.63) is 35.4 Å². The Morgan fingerprint density at radius 2 is 1.95 bits per heavy atom. The zero-order valence-corrected chi connectivity index (χ0v) is 13.0. The SMILES string of the molecule is O=C(N1CCc2ccccc2CC1)[C@]12CNC[C@H]1CCOC2. The van der Waals surface area contributed by atoms with Crippen LogP contribution in [0, 0.1) is 11.3 Å². The van der Waals surface area contributed by atoms with Gasteiger partial charge in [0, 0.05) is 26.2 Å². The van der Waals surface area contributed by atoms with Crippen molar-refractivity contribution in [3.8, 4) is 0 Å². The summed E-state index contributed by atoms with van der Waals surface area (Å²) in [5, 5.41) is 3.43. The number of benzene rings is 1. The summed E-state index contributed by atoms with van der Waals surface area (Å²) in [5.41, 5.74) is 2.49. The summed E-state index contributed by atoms with van der Waals surface area (Å²) in [6, 6.07) is 8.60. The van der Waals surface area contributed by atoms with Crippen LogP contribution < -0.4 is 5.32 Å². The van der Waals surface area contributed by atoms with Crippen LogP contribution in [-0.4, -0.2) is 50.2 Å². The van der Waals surface area contributed by atoms with Crippen LogP contribution >= 0.6 is 0 Å². The van der Waals surface area contributed by atoms with Crippen LogP contribution in [0.4, 0.5) is 0 Å². The van der Waals surface area contributed by atoms with Gasteiger partial charge in [-0.15, -0.1) is 0 Å². The van der Waals surface area contributed by atoms with E-state index < -0.39 is 0 Å². The zero-order chi connectivity index (χ0) is 15.0. The number of amides is 1. The maximum Gasteiger partial charge on any atom is 0.232 e. The molecule has 1 N–H and O–H groups in total. The molecule has 1 aromatic rings. The molecule has 4 rings (SSSR count). The highest BCUT2D eigenvalue weighted by Gasteiger charge is 2.52. The molecule has 0 radical (unpaired) electrons. The molecule has 2 atom stereocenters. The smallest absolute Gasteiger partial charge is 0.232 e. The molecule has 0 spiro atoms. The summed E-state index contributed by atoms with van der Waals surface area (Å²) in [7, 11) is 0. The Labute approximate surface area is 131 Å². The first-order valence-corrected chi connectivity index (χ1v) is 8.44. The molecule has 3 aliphatic rings. The Bertz CT molecular complexity index is 547. The summed E-state index contributed by atoms with van der Waals surface area (Å²) in [5.74, 6) is 0.759. The fourth-order valence-corrected chi connectivity index (χ4v) is 4.33. The van der Waals surface area contributed by atoms with Gasteiger partial charge in [-0.05, 0) is 42.9 Å². The lowest BCUT2D eigenvalue weighted by molar-refractivity contribution is -0.152. The third kappa shape index (κ3) is 2.25.